The average Bonchev–Trinajstić information content (AvgIpc) is 3.32. The lowest BCUT2D eigenvalue weighted by molar-refractivity contribution is -0.294. The first-order valence-corrected chi connectivity index (χ1v) is 25.4. The number of allylic oxidation sites excluding steroid dienone is 6. The number of methoxy groups -OCH3 is 3. The Morgan fingerprint density at radius 3 is 2.28 bits per heavy atom. The van der Waals surface area contributed by atoms with Crippen molar-refractivity contribution >= 4 is 29.2 Å². The van der Waals surface area contributed by atoms with E-state index in [9.17, 15) is 39.3 Å². The first kappa shape index (κ1) is 58.2. The first-order chi connectivity index (χ1) is 32.6. The molecule has 0 aromatic rings. The van der Waals surface area contributed by atoms with Crippen molar-refractivity contribution in [2.24, 2.45) is 35.5 Å². The fraction of sp³-hybridized carbons (Fsp3) is 0.759. The second-order valence-electron chi connectivity index (χ2n) is 20.9. The number of amides is 1. The second-order valence-corrected chi connectivity index (χ2v) is 20.9. The molecule has 3 fully saturated rings. The normalized spacial score (nSPS) is 39.9. The van der Waals surface area contributed by atoms with Gasteiger partial charge in [-0.15, -0.1) is 0 Å². The van der Waals surface area contributed by atoms with E-state index in [2.05, 4.69) is 0 Å². The Bertz CT molecular complexity index is 1860. The van der Waals surface area contributed by atoms with Crippen LogP contribution in [0.3, 0.4) is 0 Å². The van der Waals surface area contributed by atoms with E-state index in [1.165, 1.54) is 12.0 Å². The van der Waals surface area contributed by atoms with Crippen LogP contribution in [-0.2, 0) is 52.4 Å². The number of rotatable bonds is 9. The SMILES string of the molecule is CO[C@H]1C[C@]2(C)CC[C@@H](C)[C@@](O)(O2)C(=O)C(=O)N2CCCC[C@H]2C(=O)O[C@H]([C@H](C)C[C@@H]2CC[C@@H](OCCO)[C@H](OC)C2)CC(=O)[C@H](C)/C=C(\C)[C@@H](O)[C@@H](OC)C(=O)[C@H](C)C[C@H](C)/C=C/C=C/C=C/1C. The van der Waals surface area contributed by atoms with E-state index in [-0.39, 0.29) is 80.5 Å². The van der Waals surface area contributed by atoms with Gasteiger partial charge in [-0.1, -0.05) is 71.1 Å². The highest BCUT2D eigenvalue weighted by molar-refractivity contribution is 6.39. The van der Waals surface area contributed by atoms with E-state index in [1.807, 2.05) is 58.1 Å². The molecule has 1 saturated carbocycles. The van der Waals surface area contributed by atoms with Crippen molar-refractivity contribution < 1.29 is 67.7 Å². The molecular weight excluding hydrogens is 887 g/mol. The lowest BCUT2D eigenvalue weighted by Crippen LogP contribution is -2.62. The van der Waals surface area contributed by atoms with Crippen LogP contribution in [0.1, 0.15) is 132 Å². The molecule has 4 aliphatic rings. The van der Waals surface area contributed by atoms with Crippen molar-refractivity contribution in [3.63, 3.8) is 0 Å². The molecule has 15 atom stereocenters. The minimum atomic E-state index is -2.47. The van der Waals surface area contributed by atoms with E-state index in [1.54, 1.807) is 48.0 Å². The minimum absolute atomic E-state index is 0.0111. The van der Waals surface area contributed by atoms with Crippen LogP contribution in [-0.4, -0.2) is 145 Å². The number of ketones is 3. The summed E-state index contributed by atoms with van der Waals surface area (Å²) >= 11 is 0. The van der Waals surface area contributed by atoms with Crippen LogP contribution < -0.4 is 0 Å². The zero-order valence-corrected chi connectivity index (χ0v) is 43.4. The summed E-state index contributed by atoms with van der Waals surface area (Å²) in [6.07, 6.45) is 12.5. The van der Waals surface area contributed by atoms with E-state index in [0.29, 0.717) is 56.9 Å². The van der Waals surface area contributed by atoms with Gasteiger partial charge in [0, 0.05) is 58.5 Å². The van der Waals surface area contributed by atoms with Gasteiger partial charge in [0.25, 0.3) is 11.7 Å². The number of hydrogen-bond acceptors (Lipinski definition) is 14. The number of esters is 1. The van der Waals surface area contributed by atoms with Crippen molar-refractivity contribution in [3.8, 4) is 0 Å². The quantitative estimate of drug-likeness (QED) is 0.127. The third-order valence-electron chi connectivity index (χ3n) is 15.3. The molecule has 4 rings (SSSR count). The molecule has 2 bridgehead atoms. The highest BCUT2D eigenvalue weighted by Crippen LogP contribution is 2.43. The Hall–Kier alpha value is -3.41. The van der Waals surface area contributed by atoms with Crippen LogP contribution in [0.2, 0.25) is 0 Å². The second kappa shape index (κ2) is 26.9. The molecule has 1 aliphatic carbocycles. The molecule has 390 valence electrons. The number of aliphatic hydroxyl groups excluding tert-OH is 2. The zero-order chi connectivity index (χ0) is 51.2. The molecule has 15 heteroatoms. The summed E-state index contributed by atoms with van der Waals surface area (Å²) in [7, 11) is 4.59. The van der Waals surface area contributed by atoms with Gasteiger partial charge >= 0.3 is 5.97 Å². The van der Waals surface area contributed by atoms with Gasteiger partial charge in [-0.25, -0.2) is 4.79 Å². The Balaban J connectivity index is 1.72. The predicted octanol–water partition coefficient (Wildman–Crippen LogP) is 6.59. The molecule has 3 N–H and O–H groups in total. The lowest BCUT2D eigenvalue weighted by atomic mass is 9.78. The molecular formula is C54H85NO14. The predicted molar refractivity (Wildman–Crippen MR) is 261 cm³/mol. The van der Waals surface area contributed by atoms with Crippen LogP contribution in [0.15, 0.2) is 47.6 Å². The molecule has 0 spiro atoms. The van der Waals surface area contributed by atoms with Gasteiger partial charge in [-0.2, -0.15) is 0 Å². The molecule has 1 amide bonds. The Morgan fingerprint density at radius 1 is 0.884 bits per heavy atom. The van der Waals surface area contributed by atoms with Crippen LogP contribution in [0.5, 0.6) is 0 Å². The van der Waals surface area contributed by atoms with Gasteiger partial charge < -0.3 is 48.6 Å². The van der Waals surface area contributed by atoms with Crippen molar-refractivity contribution in [2.45, 2.75) is 186 Å². The van der Waals surface area contributed by atoms with Gasteiger partial charge in [-0.3, -0.25) is 19.2 Å². The fourth-order valence-corrected chi connectivity index (χ4v) is 10.8. The zero-order valence-electron chi connectivity index (χ0n) is 43.4. The van der Waals surface area contributed by atoms with E-state index in [0.717, 1.165) is 12.0 Å². The van der Waals surface area contributed by atoms with Crippen molar-refractivity contribution in [1.82, 2.24) is 4.90 Å². The summed E-state index contributed by atoms with van der Waals surface area (Å²) in [5.74, 6) is -8.06. The Kier molecular flexibility index (Phi) is 22.7. The number of fused-ring (bicyclic) bond motifs is 3. The summed E-state index contributed by atoms with van der Waals surface area (Å²) in [4.78, 5) is 72.5. The van der Waals surface area contributed by atoms with Gasteiger partial charge in [0.2, 0.25) is 5.79 Å². The summed E-state index contributed by atoms with van der Waals surface area (Å²) < 4.78 is 35.8. The first-order valence-electron chi connectivity index (χ1n) is 25.4. The number of nitrogens with zero attached hydrogens (tertiary/aromatic N) is 1. The van der Waals surface area contributed by atoms with Crippen LogP contribution in [0, 0.1) is 35.5 Å². The van der Waals surface area contributed by atoms with Gasteiger partial charge in [0.15, 0.2) is 5.78 Å². The number of piperidine rings is 1. The molecule has 0 aromatic heterocycles. The number of cyclic esters (lactones) is 1. The maximum absolute atomic E-state index is 14.5. The average molecular weight is 972 g/mol. The molecule has 15 nitrogen and oxygen atoms in total. The summed E-state index contributed by atoms with van der Waals surface area (Å²) in [5, 5.41) is 33.0. The molecule has 0 unspecified atom stereocenters. The number of ether oxygens (including phenoxy) is 6. The molecule has 0 radical (unpaired) electrons. The molecule has 3 aliphatic heterocycles. The van der Waals surface area contributed by atoms with Crippen molar-refractivity contribution in [2.75, 3.05) is 41.1 Å². The van der Waals surface area contributed by atoms with Crippen molar-refractivity contribution in [1.29, 1.82) is 0 Å². The summed E-state index contributed by atoms with van der Waals surface area (Å²) in [6.45, 7) is 14.7. The van der Waals surface area contributed by atoms with E-state index < -0.39 is 77.3 Å². The van der Waals surface area contributed by atoms with Crippen LogP contribution >= 0.6 is 0 Å². The van der Waals surface area contributed by atoms with Gasteiger partial charge in [0.05, 0.1) is 37.1 Å². The Morgan fingerprint density at radius 2 is 1.61 bits per heavy atom. The van der Waals surface area contributed by atoms with Crippen LogP contribution in [0.4, 0.5) is 0 Å². The maximum Gasteiger partial charge on any atom is 0.329 e. The number of aliphatic hydroxyl groups is 3. The highest BCUT2D eigenvalue weighted by Gasteiger charge is 2.56. The van der Waals surface area contributed by atoms with Crippen LogP contribution in [0.25, 0.3) is 0 Å². The molecule has 3 heterocycles. The fourth-order valence-electron chi connectivity index (χ4n) is 10.8. The third-order valence-corrected chi connectivity index (χ3v) is 15.3. The van der Waals surface area contributed by atoms with E-state index >= 15 is 0 Å². The topological polar surface area (TPSA) is 205 Å². The smallest absolute Gasteiger partial charge is 0.329 e. The molecule has 2 saturated heterocycles. The number of carbonyl (C=O) groups is 5. The van der Waals surface area contributed by atoms with E-state index in [4.69, 9.17) is 28.4 Å². The third kappa shape index (κ3) is 15.5. The minimum Gasteiger partial charge on any atom is -0.460 e. The maximum atomic E-state index is 14.5. The number of Topliss-reactive ketones (excluding diaryl/α,β-unsaturated/α-hetero) is 3. The molecule has 0 aromatic carbocycles. The van der Waals surface area contributed by atoms with Gasteiger partial charge in [0.1, 0.15) is 30.1 Å². The molecule has 69 heavy (non-hydrogen) atoms. The van der Waals surface area contributed by atoms with Crippen molar-refractivity contribution in [3.05, 3.63) is 47.6 Å². The highest BCUT2D eigenvalue weighted by atomic mass is 16.6. The lowest BCUT2D eigenvalue weighted by Gasteiger charge is -2.47. The summed E-state index contributed by atoms with van der Waals surface area (Å²) in [6, 6.07) is -1.15. The monoisotopic (exact) mass is 972 g/mol. The number of hydrogen-bond donors (Lipinski definition) is 3. The number of carbonyl (C=O) groups excluding carboxylic acids is 5. The summed E-state index contributed by atoms with van der Waals surface area (Å²) in [5.41, 5.74) is 0.196. The Labute approximate surface area is 411 Å². The van der Waals surface area contributed by atoms with Gasteiger partial charge in [-0.05, 0) is 114 Å². The largest absolute Gasteiger partial charge is 0.460 e. The standard InChI is InChI=1S/C54H85NO14/c1-33-17-13-12-14-18-34(2)46(65-10)32-53(8)23-22-39(7)54(63,69-53)50(60)51(61)55-24-16-15-19-41(55)52(62)68-44(36(4)29-40-20-21-43(67-26-25-56)45(30-40)64-9)31-42(57)35(3)28-38(6)48(59)49(66-11)47(58)37(5)27-33/h12-14,17-18,28,33,35-37,39-41,43-46,48-49,56,59,63H,15-16,19-27,29-32H2,1-11H3/b14-12+,17-13+,34-18+,38-28+/t33-,35-,36-,37-,39-,40+,41+,43-,44+,45-,46+,48-,49+,53+,54-/m1/s1.